The Bertz CT molecular complexity index is 2460. The Morgan fingerprint density at radius 2 is 0.711 bits per heavy atom. The van der Waals surface area contributed by atoms with Gasteiger partial charge in [0, 0.05) is 10.8 Å². The van der Waals surface area contributed by atoms with E-state index in [0.29, 0.717) is 0 Å². The third-order valence-corrected chi connectivity index (χ3v) is 9.08. The van der Waals surface area contributed by atoms with E-state index in [1.165, 1.54) is 54.9 Å². The topological polar surface area (TPSA) is 13.1 Å². The monoisotopic (exact) mass is 572 g/mol. The Hall–Kier alpha value is -5.92. The van der Waals surface area contributed by atoms with Crippen LogP contribution in [0.3, 0.4) is 0 Å². The van der Waals surface area contributed by atoms with Crippen LogP contribution in [0.15, 0.2) is 174 Å². The first-order valence-corrected chi connectivity index (χ1v) is 15.4. The highest BCUT2D eigenvalue weighted by Gasteiger charge is 2.19. The van der Waals surface area contributed by atoms with Crippen molar-refractivity contribution in [2.75, 3.05) is 0 Å². The molecule has 1 heterocycles. The lowest BCUT2D eigenvalue weighted by molar-refractivity contribution is 0.669. The molecule has 0 atom stereocenters. The van der Waals surface area contributed by atoms with E-state index >= 15 is 0 Å². The van der Waals surface area contributed by atoms with Gasteiger partial charge in [-0.05, 0) is 90.3 Å². The summed E-state index contributed by atoms with van der Waals surface area (Å²) in [6.45, 7) is 0. The van der Waals surface area contributed by atoms with Crippen LogP contribution in [0.4, 0.5) is 0 Å². The molecule has 0 saturated carbocycles. The molecule has 0 aliphatic heterocycles. The number of hydrogen-bond donors (Lipinski definition) is 0. The van der Waals surface area contributed by atoms with Crippen molar-refractivity contribution >= 4 is 43.5 Å². The summed E-state index contributed by atoms with van der Waals surface area (Å²) >= 11 is 0. The van der Waals surface area contributed by atoms with Gasteiger partial charge in [0.05, 0.1) is 0 Å². The molecule has 0 bridgehead atoms. The van der Waals surface area contributed by atoms with Crippen LogP contribution >= 0.6 is 0 Å². The van der Waals surface area contributed by atoms with Crippen molar-refractivity contribution in [3.63, 3.8) is 0 Å². The van der Waals surface area contributed by atoms with Crippen LogP contribution in [-0.4, -0.2) is 0 Å². The second-order valence-corrected chi connectivity index (χ2v) is 11.6. The summed E-state index contributed by atoms with van der Waals surface area (Å²) in [6, 6.07) is 60.9. The van der Waals surface area contributed by atoms with Gasteiger partial charge in [-0.3, -0.25) is 0 Å². The minimum absolute atomic E-state index is 0.902. The summed E-state index contributed by atoms with van der Waals surface area (Å²) in [4.78, 5) is 0. The lowest BCUT2D eigenvalue weighted by Gasteiger charge is -2.19. The van der Waals surface area contributed by atoms with Crippen molar-refractivity contribution in [3.8, 4) is 44.5 Å². The quantitative estimate of drug-likeness (QED) is 0.191. The summed E-state index contributed by atoms with van der Waals surface area (Å²) in [6.07, 6.45) is 0. The van der Waals surface area contributed by atoms with E-state index in [9.17, 15) is 0 Å². The van der Waals surface area contributed by atoms with Gasteiger partial charge in [-0.15, -0.1) is 0 Å². The molecule has 0 unspecified atom stereocenters. The molecular formula is C44H28O. The van der Waals surface area contributed by atoms with Crippen LogP contribution in [0.5, 0.6) is 0 Å². The first-order chi connectivity index (χ1) is 22.3. The van der Waals surface area contributed by atoms with E-state index in [-0.39, 0.29) is 0 Å². The predicted octanol–water partition coefficient (Wildman–Crippen LogP) is 12.6. The Balaban J connectivity index is 1.29. The van der Waals surface area contributed by atoms with Crippen molar-refractivity contribution in [2.24, 2.45) is 0 Å². The van der Waals surface area contributed by atoms with Gasteiger partial charge in [0.15, 0.2) is 0 Å². The SMILES string of the molecule is c1ccc(-c2ccc3c(c2)oc2cc(-c4c5ccccc5c(-c5ccccc5-c5ccccc5)c5ccccc45)ccc23)cc1. The molecular weight excluding hydrogens is 544 g/mol. The van der Waals surface area contributed by atoms with Crippen LogP contribution in [0.25, 0.3) is 88.0 Å². The molecule has 0 amide bonds. The number of fused-ring (bicyclic) bond motifs is 5. The molecule has 1 heteroatoms. The highest BCUT2D eigenvalue weighted by Crippen LogP contribution is 2.46. The minimum Gasteiger partial charge on any atom is -0.456 e. The fraction of sp³-hybridized carbons (Fsp3) is 0. The predicted molar refractivity (Wildman–Crippen MR) is 190 cm³/mol. The summed E-state index contributed by atoms with van der Waals surface area (Å²) in [7, 11) is 0. The number of rotatable bonds is 4. The molecule has 9 rings (SSSR count). The lowest BCUT2D eigenvalue weighted by Crippen LogP contribution is -1.92. The second kappa shape index (κ2) is 10.4. The van der Waals surface area contributed by atoms with Crippen molar-refractivity contribution in [1.82, 2.24) is 0 Å². The van der Waals surface area contributed by atoms with Crippen molar-refractivity contribution < 1.29 is 4.42 Å². The van der Waals surface area contributed by atoms with Gasteiger partial charge in [0.1, 0.15) is 11.2 Å². The molecule has 9 aromatic rings. The van der Waals surface area contributed by atoms with Gasteiger partial charge in [-0.2, -0.15) is 0 Å². The maximum absolute atomic E-state index is 6.56. The van der Waals surface area contributed by atoms with Crippen LogP contribution in [0.2, 0.25) is 0 Å². The van der Waals surface area contributed by atoms with Crippen LogP contribution in [0, 0.1) is 0 Å². The fourth-order valence-corrected chi connectivity index (χ4v) is 7.04. The third-order valence-electron chi connectivity index (χ3n) is 9.08. The minimum atomic E-state index is 0.902. The highest BCUT2D eigenvalue weighted by atomic mass is 16.3. The van der Waals surface area contributed by atoms with Crippen LogP contribution in [-0.2, 0) is 0 Å². The van der Waals surface area contributed by atoms with Gasteiger partial charge in [0.25, 0.3) is 0 Å². The largest absolute Gasteiger partial charge is 0.456 e. The zero-order valence-electron chi connectivity index (χ0n) is 24.6. The molecule has 0 aliphatic carbocycles. The van der Waals surface area contributed by atoms with Crippen molar-refractivity contribution in [1.29, 1.82) is 0 Å². The Morgan fingerprint density at radius 1 is 0.267 bits per heavy atom. The maximum atomic E-state index is 6.56. The average molecular weight is 573 g/mol. The maximum Gasteiger partial charge on any atom is 0.136 e. The zero-order valence-corrected chi connectivity index (χ0v) is 24.6. The van der Waals surface area contributed by atoms with E-state index in [4.69, 9.17) is 4.42 Å². The molecule has 0 radical (unpaired) electrons. The second-order valence-electron chi connectivity index (χ2n) is 11.6. The number of benzene rings is 8. The Labute approximate surface area is 261 Å². The van der Waals surface area contributed by atoms with Gasteiger partial charge in [-0.1, -0.05) is 146 Å². The van der Waals surface area contributed by atoms with E-state index in [2.05, 4.69) is 164 Å². The molecule has 0 N–H and O–H groups in total. The summed E-state index contributed by atoms with van der Waals surface area (Å²) in [5.41, 5.74) is 11.5. The van der Waals surface area contributed by atoms with Crippen molar-refractivity contribution in [3.05, 3.63) is 170 Å². The Kier molecular flexibility index (Phi) is 5.89. The van der Waals surface area contributed by atoms with E-state index in [1.807, 2.05) is 6.07 Å². The molecule has 0 saturated heterocycles. The van der Waals surface area contributed by atoms with Crippen LogP contribution in [0.1, 0.15) is 0 Å². The Morgan fingerprint density at radius 3 is 1.31 bits per heavy atom. The van der Waals surface area contributed by atoms with E-state index < -0.39 is 0 Å². The smallest absolute Gasteiger partial charge is 0.136 e. The lowest BCUT2D eigenvalue weighted by atomic mass is 9.84. The normalized spacial score (nSPS) is 11.6. The first kappa shape index (κ1) is 25.6. The van der Waals surface area contributed by atoms with E-state index in [1.54, 1.807) is 0 Å². The summed E-state index contributed by atoms with van der Waals surface area (Å²) in [5, 5.41) is 7.22. The molecule has 0 fully saturated rings. The third kappa shape index (κ3) is 4.17. The zero-order chi connectivity index (χ0) is 29.7. The van der Waals surface area contributed by atoms with E-state index in [0.717, 1.165) is 33.1 Å². The number of furan rings is 1. The molecule has 0 aliphatic rings. The molecule has 45 heavy (non-hydrogen) atoms. The highest BCUT2D eigenvalue weighted by molar-refractivity contribution is 6.23. The molecule has 8 aromatic carbocycles. The molecule has 210 valence electrons. The first-order valence-electron chi connectivity index (χ1n) is 15.4. The molecule has 1 aromatic heterocycles. The summed E-state index contributed by atoms with van der Waals surface area (Å²) < 4.78 is 6.56. The molecule has 0 spiro atoms. The van der Waals surface area contributed by atoms with Crippen molar-refractivity contribution in [2.45, 2.75) is 0 Å². The van der Waals surface area contributed by atoms with Gasteiger partial charge >= 0.3 is 0 Å². The van der Waals surface area contributed by atoms with Gasteiger partial charge in [0.2, 0.25) is 0 Å². The fourth-order valence-electron chi connectivity index (χ4n) is 7.04. The van der Waals surface area contributed by atoms with Gasteiger partial charge < -0.3 is 4.42 Å². The number of hydrogen-bond acceptors (Lipinski definition) is 1. The van der Waals surface area contributed by atoms with Gasteiger partial charge in [-0.25, -0.2) is 0 Å². The standard InChI is InChI=1S/C44H28O/c1-3-13-29(14-4-1)31-23-25-34-35-26-24-32(28-42(35)45-41(34)27-31)43-37-19-9-11-21-39(37)44(40-22-12-10-20-38(40)43)36-18-8-7-17-33(36)30-15-5-2-6-16-30/h1-28H. The molecule has 1 nitrogen and oxygen atoms in total. The van der Waals surface area contributed by atoms with Crippen LogP contribution < -0.4 is 0 Å². The summed E-state index contributed by atoms with van der Waals surface area (Å²) in [5.74, 6) is 0. The average Bonchev–Trinajstić information content (AvgIpc) is 3.48.